The average Bonchev–Trinajstić information content (AvgIpc) is 2.71. The second kappa shape index (κ2) is 5.55. The molecule has 0 aliphatic carbocycles. The fourth-order valence-electron chi connectivity index (χ4n) is 2.77. The Hall–Kier alpha value is -0.650. The summed E-state index contributed by atoms with van der Waals surface area (Å²) in [7, 11) is 1.85. The van der Waals surface area contributed by atoms with Crippen molar-refractivity contribution in [1.29, 1.82) is 0 Å². The van der Waals surface area contributed by atoms with Crippen molar-refractivity contribution in [2.45, 2.75) is 25.8 Å². The molecule has 0 aromatic rings. The van der Waals surface area contributed by atoms with Crippen molar-refractivity contribution in [3.8, 4) is 0 Å². The Morgan fingerprint density at radius 1 is 1.44 bits per heavy atom. The lowest BCUT2D eigenvalue weighted by molar-refractivity contribution is -0.141. The number of hydrogen-bond donors (Lipinski definition) is 1. The maximum atomic E-state index is 12.5. The smallest absolute Gasteiger partial charge is 0.232 e. The quantitative estimate of drug-likeness (QED) is 0.785. The first-order valence-electron chi connectivity index (χ1n) is 6.70. The van der Waals surface area contributed by atoms with Gasteiger partial charge in [0, 0.05) is 26.2 Å². The van der Waals surface area contributed by atoms with Gasteiger partial charge >= 0.3 is 0 Å². The maximum absolute atomic E-state index is 12.5. The third-order valence-electron chi connectivity index (χ3n) is 4.14. The van der Waals surface area contributed by atoms with Crippen LogP contribution >= 0.6 is 0 Å². The van der Waals surface area contributed by atoms with Gasteiger partial charge in [-0.1, -0.05) is 0 Å². The summed E-state index contributed by atoms with van der Waals surface area (Å²) in [6.07, 6.45) is 2.23. The molecular weight excluding hydrogens is 232 g/mol. The third kappa shape index (κ3) is 2.68. The molecule has 2 aliphatic rings. The Labute approximate surface area is 109 Å². The van der Waals surface area contributed by atoms with Gasteiger partial charge in [0.15, 0.2) is 0 Å². The zero-order chi connectivity index (χ0) is 13.2. The molecule has 1 amide bonds. The zero-order valence-electron chi connectivity index (χ0n) is 11.4. The van der Waals surface area contributed by atoms with E-state index in [9.17, 15) is 4.79 Å². The Bertz CT molecular complexity index is 305. The highest BCUT2D eigenvalue weighted by Crippen LogP contribution is 2.29. The minimum absolute atomic E-state index is 0.0954. The van der Waals surface area contributed by atoms with Gasteiger partial charge in [-0.3, -0.25) is 4.79 Å². The summed E-state index contributed by atoms with van der Waals surface area (Å²) in [4.78, 5) is 14.3. The number of nitrogens with zero attached hydrogens (tertiary/aromatic N) is 1. The molecule has 104 valence electrons. The van der Waals surface area contributed by atoms with E-state index >= 15 is 0 Å². The number of ether oxygens (including phenoxy) is 2. The Balaban J connectivity index is 1.91. The van der Waals surface area contributed by atoms with Crippen LogP contribution in [0.2, 0.25) is 0 Å². The van der Waals surface area contributed by atoms with E-state index in [1.54, 1.807) is 4.90 Å². The lowest BCUT2D eigenvalue weighted by Crippen LogP contribution is -2.51. The molecule has 0 aromatic carbocycles. The minimum Gasteiger partial charge on any atom is -0.381 e. The van der Waals surface area contributed by atoms with Crippen LogP contribution in [0.3, 0.4) is 0 Å². The van der Waals surface area contributed by atoms with E-state index in [1.165, 1.54) is 0 Å². The molecule has 2 aliphatic heterocycles. The fraction of sp³-hybridized carbons (Fsp3) is 0.923. The van der Waals surface area contributed by atoms with Crippen molar-refractivity contribution in [2.24, 2.45) is 17.1 Å². The molecule has 2 fully saturated rings. The molecule has 2 saturated heterocycles. The highest BCUT2D eigenvalue weighted by atomic mass is 16.5. The predicted octanol–water partition coefficient (Wildman–Crippen LogP) is 0.235. The Kier molecular flexibility index (Phi) is 4.25. The van der Waals surface area contributed by atoms with Crippen molar-refractivity contribution in [3.05, 3.63) is 0 Å². The van der Waals surface area contributed by atoms with Gasteiger partial charge in [0.05, 0.1) is 25.2 Å². The van der Waals surface area contributed by atoms with E-state index in [-0.39, 0.29) is 11.9 Å². The summed E-state index contributed by atoms with van der Waals surface area (Å²) in [5, 5.41) is 0. The van der Waals surface area contributed by atoms with Gasteiger partial charge < -0.3 is 20.1 Å². The van der Waals surface area contributed by atoms with E-state index in [0.29, 0.717) is 19.1 Å². The SMILES string of the molecule is CN(CC1CCCOC1)C(=O)C1(C)COCC1N. The van der Waals surface area contributed by atoms with Crippen LogP contribution in [0.15, 0.2) is 0 Å². The van der Waals surface area contributed by atoms with E-state index < -0.39 is 5.41 Å². The zero-order valence-corrected chi connectivity index (χ0v) is 11.4. The number of carbonyl (C=O) groups excluding carboxylic acids is 1. The molecule has 5 nitrogen and oxygen atoms in total. The summed E-state index contributed by atoms with van der Waals surface area (Å²) >= 11 is 0. The minimum atomic E-state index is -0.565. The van der Waals surface area contributed by atoms with Gasteiger partial charge in [-0.15, -0.1) is 0 Å². The second-order valence-electron chi connectivity index (χ2n) is 5.81. The molecule has 0 radical (unpaired) electrons. The van der Waals surface area contributed by atoms with Crippen molar-refractivity contribution < 1.29 is 14.3 Å². The first kappa shape index (κ1) is 13.8. The maximum Gasteiger partial charge on any atom is 0.232 e. The van der Waals surface area contributed by atoms with Crippen LogP contribution in [0.1, 0.15) is 19.8 Å². The van der Waals surface area contributed by atoms with Crippen molar-refractivity contribution in [1.82, 2.24) is 4.90 Å². The molecule has 0 spiro atoms. The van der Waals surface area contributed by atoms with Gasteiger partial charge in [-0.05, 0) is 25.7 Å². The Morgan fingerprint density at radius 2 is 2.22 bits per heavy atom. The first-order valence-corrected chi connectivity index (χ1v) is 6.70. The molecule has 3 atom stereocenters. The van der Waals surface area contributed by atoms with Crippen LogP contribution in [-0.2, 0) is 14.3 Å². The summed E-state index contributed by atoms with van der Waals surface area (Å²) in [5.74, 6) is 0.549. The summed E-state index contributed by atoms with van der Waals surface area (Å²) < 4.78 is 10.8. The largest absolute Gasteiger partial charge is 0.381 e. The van der Waals surface area contributed by atoms with E-state index in [1.807, 2.05) is 14.0 Å². The van der Waals surface area contributed by atoms with Crippen LogP contribution in [0, 0.1) is 11.3 Å². The molecule has 2 N–H and O–H groups in total. The van der Waals surface area contributed by atoms with Crippen molar-refractivity contribution in [2.75, 3.05) is 40.0 Å². The second-order valence-corrected chi connectivity index (χ2v) is 5.81. The summed E-state index contributed by atoms with van der Waals surface area (Å²) in [5.41, 5.74) is 5.42. The van der Waals surface area contributed by atoms with Crippen LogP contribution in [0.5, 0.6) is 0 Å². The normalized spacial score (nSPS) is 36.6. The number of rotatable bonds is 3. The molecule has 0 aromatic heterocycles. The molecule has 2 heterocycles. The standard InChI is InChI=1S/C13H24N2O3/c1-13(9-18-8-11(13)14)12(16)15(2)6-10-4-3-5-17-7-10/h10-11H,3-9,14H2,1-2H3. The lowest BCUT2D eigenvalue weighted by atomic mass is 9.84. The van der Waals surface area contributed by atoms with Crippen LogP contribution in [0.25, 0.3) is 0 Å². The lowest BCUT2D eigenvalue weighted by Gasteiger charge is -2.33. The molecule has 0 saturated carbocycles. The van der Waals surface area contributed by atoms with Crippen molar-refractivity contribution >= 4 is 5.91 Å². The highest BCUT2D eigenvalue weighted by Gasteiger charge is 2.45. The van der Waals surface area contributed by atoms with Crippen LogP contribution < -0.4 is 5.73 Å². The number of amides is 1. The van der Waals surface area contributed by atoms with Crippen LogP contribution in [0.4, 0.5) is 0 Å². The summed E-state index contributed by atoms with van der Waals surface area (Å²) in [6.45, 7) is 5.17. The molecular formula is C13H24N2O3. The Morgan fingerprint density at radius 3 is 2.78 bits per heavy atom. The van der Waals surface area contributed by atoms with Gasteiger partial charge in [0.2, 0.25) is 5.91 Å². The van der Waals surface area contributed by atoms with Gasteiger partial charge in [0.25, 0.3) is 0 Å². The molecule has 0 bridgehead atoms. The number of hydrogen-bond acceptors (Lipinski definition) is 4. The molecule has 5 heteroatoms. The number of carbonyl (C=O) groups is 1. The van der Waals surface area contributed by atoms with E-state index in [2.05, 4.69) is 0 Å². The van der Waals surface area contributed by atoms with Crippen molar-refractivity contribution in [3.63, 3.8) is 0 Å². The molecule has 3 unspecified atom stereocenters. The van der Waals surface area contributed by atoms with Crippen LogP contribution in [-0.4, -0.2) is 56.9 Å². The van der Waals surface area contributed by atoms with Gasteiger partial charge in [-0.2, -0.15) is 0 Å². The average molecular weight is 256 g/mol. The van der Waals surface area contributed by atoms with Gasteiger partial charge in [-0.25, -0.2) is 0 Å². The van der Waals surface area contributed by atoms with Gasteiger partial charge in [0.1, 0.15) is 0 Å². The highest BCUT2D eigenvalue weighted by molar-refractivity contribution is 5.83. The van der Waals surface area contributed by atoms with E-state index in [4.69, 9.17) is 15.2 Å². The monoisotopic (exact) mass is 256 g/mol. The fourth-order valence-corrected chi connectivity index (χ4v) is 2.77. The topological polar surface area (TPSA) is 64.8 Å². The number of nitrogens with two attached hydrogens (primary N) is 1. The first-order chi connectivity index (χ1) is 8.54. The summed E-state index contributed by atoms with van der Waals surface area (Å²) in [6, 6.07) is -0.199. The molecule has 2 rings (SSSR count). The predicted molar refractivity (Wildman–Crippen MR) is 68.1 cm³/mol. The van der Waals surface area contributed by atoms with E-state index in [0.717, 1.165) is 32.6 Å². The third-order valence-corrected chi connectivity index (χ3v) is 4.14. The molecule has 18 heavy (non-hydrogen) atoms.